The Balaban J connectivity index is 1.67. The fourth-order valence-corrected chi connectivity index (χ4v) is 7.17. The molecule has 0 aliphatic carbocycles. The monoisotopic (exact) mass is 864 g/mol. The molecule has 0 spiro atoms. The lowest BCUT2D eigenvalue weighted by Crippen LogP contribution is -2.55. The van der Waals surface area contributed by atoms with E-state index in [0.29, 0.717) is 0 Å². The van der Waals surface area contributed by atoms with Crippen LogP contribution in [0.2, 0.25) is 0 Å². The molecule has 1 saturated heterocycles. The van der Waals surface area contributed by atoms with E-state index in [1.165, 1.54) is 24.4 Å². The molecule has 4 aromatic rings. The van der Waals surface area contributed by atoms with Crippen molar-refractivity contribution in [3.8, 4) is 22.7 Å². The van der Waals surface area contributed by atoms with Crippen LogP contribution in [0.3, 0.4) is 0 Å². The fraction of sp³-hybridized carbons (Fsp3) is 0.523. The van der Waals surface area contributed by atoms with Crippen molar-refractivity contribution in [3.05, 3.63) is 69.9 Å². The van der Waals surface area contributed by atoms with Gasteiger partial charge in [-0.1, -0.05) is 19.9 Å². The van der Waals surface area contributed by atoms with Gasteiger partial charge in [0.2, 0.25) is 0 Å². The predicted molar refractivity (Wildman–Crippen MR) is 224 cm³/mol. The minimum Gasteiger partial charge on any atom is -0.489 e. The van der Waals surface area contributed by atoms with Gasteiger partial charge in [-0.25, -0.2) is 37.5 Å². The summed E-state index contributed by atoms with van der Waals surface area (Å²) in [6.45, 7) is 20.4. The van der Waals surface area contributed by atoms with Crippen LogP contribution in [0.1, 0.15) is 106 Å². The third-order valence-corrected chi connectivity index (χ3v) is 9.62. The summed E-state index contributed by atoms with van der Waals surface area (Å²) in [7, 11) is 0. The first kappa shape index (κ1) is 45.5. The number of anilines is 1. The average molecular weight is 865 g/mol. The number of carbonyl (C=O) groups is 3. The molecule has 3 atom stereocenters. The molecular formula is C44H54F2N6O10. The molecule has 5 heterocycles. The number of nitrogens with zero attached hydrogens (tertiary/aromatic N) is 6. The lowest BCUT2D eigenvalue weighted by molar-refractivity contribution is -0.0947. The Bertz CT molecular complexity index is 2440. The zero-order valence-electron chi connectivity index (χ0n) is 37.1. The van der Waals surface area contributed by atoms with Gasteiger partial charge in [-0.15, -0.1) is 0 Å². The van der Waals surface area contributed by atoms with Crippen molar-refractivity contribution in [2.45, 2.75) is 124 Å². The smallest absolute Gasteiger partial charge is 0.489 e. The van der Waals surface area contributed by atoms with Crippen molar-refractivity contribution in [3.63, 3.8) is 0 Å². The van der Waals surface area contributed by atoms with Crippen molar-refractivity contribution in [2.75, 3.05) is 31.1 Å². The van der Waals surface area contributed by atoms with Gasteiger partial charge >= 0.3 is 24.1 Å². The van der Waals surface area contributed by atoms with Crippen LogP contribution in [0.4, 0.5) is 29.0 Å². The van der Waals surface area contributed by atoms with E-state index < -0.39 is 94.6 Å². The third kappa shape index (κ3) is 10.00. The largest absolute Gasteiger partial charge is 0.509 e. The minimum atomic E-state index is -1.62. The number of benzene rings is 1. The molecule has 1 fully saturated rings. The highest BCUT2D eigenvalue weighted by atomic mass is 19.1. The maximum absolute atomic E-state index is 16.8. The van der Waals surface area contributed by atoms with E-state index in [1.807, 2.05) is 20.8 Å². The van der Waals surface area contributed by atoms with Gasteiger partial charge in [-0.3, -0.25) is 4.98 Å². The Labute approximate surface area is 358 Å². The highest BCUT2D eigenvalue weighted by molar-refractivity contribution is 5.91. The molecule has 16 nitrogen and oxygen atoms in total. The van der Waals surface area contributed by atoms with E-state index in [-0.39, 0.29) is 59.2 Å². The summed E-state index contributed by atoms with van der Waals surface area (Å²) in [6, 6.07) is 5.93. The Morgan fingerprint density at radius 1 is 0.855 bits per heavy atom. The lowest BCUT2D eigenvalue weighted by atomic mass is 9.97. The minimum absolute atomic E-state index is 0.0186. The van der Waals surface area contributed by atoms with E-state index >= 15 is 8.78 Å². The van der Waals surface area contributed by atoms with E-state index in [0.717, 1.165) is 16.7 Å². The zero-order chi connectivity index (χ0) is 45.6. The first-order chi connectivity index (χ1) is 28.8. The highest BCUT2D eigenvalue weighted by Gasteiger charge is 2.40. The molecular weight excluding hydrogens is 811 g/mol. The first-order valence-electron chi connectivity index (χ1n) is 20.4. The average Bonchev–Trinajstić information content (AvgIpc) is 3.13. The van der Waals surface area contributed by atoms with Gasteiger partial charge in [0.15, 0.2) is 23.7 Å². The Hall–Kier alpha value is -6.07. The van der Waals surface area contributed by atoms with Gasteiger partial charge in [-0.2, -0.15) is 4.98 Å². The maximum Gasteiger partial charge on any atom is 0.509 e. The van der Waals surface area contributed by atoms with Crippen LogP contribution in [0, 0.1) is 11.6 Å². The summed E-state index contributed by atoms with van der Waals surface area (Å²) in [6.07, 6.45) is -4.61. The number of fused-ring (bicyclic) bond motifs is 5. The standard InChI is InChI=1S/C44H54F2N6O10/c1-23(2)32-34-25(16-17-47-32)35(59-41(56)62-44(10,11)12)30(58-40(55)61-43(7,8)9)22-57-29-15-13-14-27(45)31(29)33-28(46)20-26-36(49-38(53)52(34)37(26)48-33)51-19-18-50(21-24(51)3)39(54)60-42(4,5)6/h13-17,20,23-24,30,35H,18-19,21-22H2,1-12H3/t24-,30?,35?/m0/s1. The molecule has 2 unspecified atom stereocenters. The summed E-state index contributed by atoms with van der Waals surface area (Å²) in [5, 5.41) is 0.0509. The quantitative estimate of drug-likeness (QED) is 0.141. The molecule has 62 heavy (non-hydrogen) atoms. The second-order valence-electron chi connectivity index (χ2n) is 18.5. The third-order valence-electron chi connectivity index (χ3n) is 9.62. The summed E-state index contributed by atoms with van der Waals surface area (Å²) in [5.74, 6) is -2.48. The molecule has 2 bridgehead atoms. The molecule has 6 rings (SSSR count). The van der Waals surface area contributed by atoms with Gasteiger partial charge in [0.05, 0.1) is 22.3 Å². The van der Waals surface area contributed by atoms with Gasteiger partial charge in [0.1, 0.15) is 46.5 Å². The van der Waals surface area contributed by atoms with E-state index in [1.54, 1.807) is 72.1 Å². The van der Waals surface area contributed by atoms with Crippen LogP contribution >= 0.6 is 0 Å². The molecule has 1 aromatic carbocycles. The molecule has 2 aliphatic heterocycles. The molecule has 2 aliphatic rings. The predicted octanol–water partition coefficient (Wildman–Crippen LogP) is 8.40. The molecule has 0 N–H and O–H groups in total. The first-order valence-corrected chi connectivity index (χ1v) is 20.4. The molecule has 3 aromatic heterocycles. The Morgan fingerprint density at radius 3 is 2.11 bits per heavy atom. The molecule has 0 saturated carbocycles. The molecule has 0 radical (unpaired) electrons. The van der Waals surface area contributed by atoms with Gasteiger partial charge in [-0.05, 0) is 99.4 Å². The van der Waals surface area contributed by atoms with Crippen LogP contribution in [-0.4, -0.2) is 98.0 Å². The number of carbonyl (C=O) groups excluding carboxylic acids is 3. The van der Waals surface area contributed by atoms with Crippen molar-refractivity contribution >= 4 is 35.3 Å². The lowest BCUT2D eigenvalue weighted by Gasteiger charge is -2.41. The summed E-state index contributed by atoms with van der Waals surface area (Å²) < 4.78 is 68.8. The number of halogens is 2. The second-order valence-corrected chi connectivity index (χ2v) is 18.5. The van der Waals surface area contributed by atoms with Gasteiger partial charge in [0, 0.05) is 37.4 Å². The maximum atomic E-state index is 16.8. The summed E-state index contributed by atoms with van der Waals surface area (Å²) in [5.41, 5.74) is -4.37. The van der Waals surface area contributed by atoms with Crippen molar-refractivity contribution in [1.82, 2.24) is 24.4 Å². The fourth-order valence-electron chi connectivity index (χ4n) is 7.17. The Morgan fingerprint density at radius 2 is 1.50 bits per heavy atom. The normalized spacial score (nSPS) is 18.2. The van der Waals surface area contributed by atoms with Crippen LogP contribution in [0.5, 0.6) is 5.75 Å². The summed E-state index contributed by atoms with van der Waals surface area (Å²) in [4.78, 5) is 72.3. The SMILES string of the molecule is CC(C)c1nccc2c1-n1c(=O)nc(N3CCN(C(=O)OC(C)(C)C)C[C@@H]3C)c3cc(F)c(nc31)-c1c(F)cccc1OCC(OC(=O)OC(C)(C)C)C2OC(=O)OC(C)(C)C. The number of hydrogen-bond donors (Lipinski definition) is 0. The van der Waals surface area contributed by atoms with Gasteiger partial charge < -0.3 is 38.2 Å². The zero-order valence-corrected chi connectivity index (χ0v) is 37.1. The molecule has 18 heteroatoms. The van der Waals surface area contributed by atoms with E-state index in [2.05, 4.69) is 9.97 Å². The van der Waals surface area contributed by atoms with Crippen LogP contribution < -0.4 is 15.3 Å². The van der Waals surface area contributed by atoms with Crippen molar-refractivity contribution in [1.29, 1.82) is 0 Å². The number of hydrogen-bond acceptors (Lipinski definition) is 14. The van der Waals surface area contributed by atoms with Crippen molar-refractivity contribution < 1.29 is 51.6 Å². The Kier molecular flexibility index (Phi) is 12.5. The summed E-state index contributed by atoms with van der Waals surface area (Å²) >= 11 is 0. The van der Waals surface area contributed by atoms with E-state index in [9.17, 15) is 19.2 Å². The van der Waals surface area contributed by atoms with Crippen LogP contribution in [0.15, 0.2) is 41.3 Å². The highest BCUT2D eigenvalue weighted by Crippen LogP contribution is 2.41. The number of ether oxygens (including phenoxy) is 6. The van der Waals surface area contributed by atoms with Crippen LogP contribution in [-0.2, 0) is 23.7 Å². The number of pyridine rings is 2. The second kappa shape index (κ2) is 17.0. The molecule has 1 amide bonds. The number of piperazine rings is 1. The van der Waals surface area contributed by atoms with Crippen molar-refractivity contribution in [2.24, 2.45) is 0 Å². The number of rotatable bonds is 4. The van der Waals surface area contributed by atoms with Gasteiger partial charge in [0.25, 0.3) is 0 Å². The van der Waals surface area contributed by atoms with Crippen LogP contribution in [0.25, 0.3) is 28.0 Å². The van der Waals surface area contributed by atoms with E-state index in [4.69, 9.17) is 33.4 Å². The topological polar surface area (TPSA) is 174 Å². The number of aromatic nitrogens is 4. The number of amides is 1. The molecule has 334 valence electrons.